The van der Waals surface area contributed by atoms with Crippen LogP contribution in [0.3, 0.4) is 0 Å². The average Bonchev–Trinajstić information content (AvgIpc) is 2.99. The molecule has 2 amide bonds. The van der Waals surface area contributed by atoms with Crippen LogP contribution in [0.15, 0.2) is 47.1 Å². The molecule has 26 heavy (non-hydrogen) atoms. The first-order valence-electron chi connectivity index (χ1n) is 8.53. The number of carbonyl (C=O) groups excluding carboxylic acids is 2. The number of benzene rings is 2. The quantitative estimate of drug-likeness (QED) is 0.738. The Hall–Kier alpha value is -3.08. The van der Waals surface area contributed by atoms with Gasteiger partial charge in [-0.25, -0.2) is 0 Å². The van der Waals surface area contributed by atoms with E-state index >= 15 is 0 Å². The number of furan rings is 1. The van der Waals surface area contributed by atoms with Crippen molar-refractivity contribution in [1.82, 2.24) is 5.32 Å². The number of fused-ring (bicyclic) bond motifs is 1. The van der Waals surface area contributed by atoms with Gasteiger partial charge in [-0.1, -0.05) is 24.3 Å². The van der Waals surface area contributed by atoms with Gasteiger partial charge in [-0.2, -0.15) is 0 Å². The Balaban J connectivity index is 1.56. The lowest BCUT2D eigenvalue weighted by Gasteiger charge is -2.10. The summed E-state index contributed by atoms with van der Waals surface area (Å²) in [6.45, 7) is 5.86. The fourth-order valence-corrected chi connectivity index (χ4v) is 2.82. The standard InChI is InChI=1S/C21H22N2O3/c1-13-7-8-17-16(12-26-19(17)9-13)10-20(24)22-11-21(25)23-18-6-4-5-14(2)15(18)3/h4-9,12H,10-11H2,1-3H3,(H,22,24)(H,23,25). The Labute approximate surface area is 152 Å². The van der Waals surface area contributed by atoms with Gasteiger partial charge in [0.2, 0.25) is 11.8 Å². The zero-order chi connectivity index (χ0) is 18.7. The molecule has 3 aromatic rings. The van der Waals surface area contributed by atoms with E-state index in [0.717, 1.165) is 38.9 Å². The van der Waals surface area contributed by atoms with Gasteiger partial charge in [-0.15, -0.1) is 0 Å². The maximum atomic E-state index is 12.2. The van der Waals surface area contributed by atoms with Crippen LogP contribution in [0.4, 0.5) is 5.69 Å². The molecule has 1 heterocycles. The van der Waals surface area contributed by atoms with E-state index in [1.165, 1.54) is 0 Å². The van der Waals surface area contributed by atoms with Crippen LogP contribution in [-0.2, 0) is 16.0 Å². The van der Waals surface area contributed by atoms with Gasteiger partial charge in [0.15, 0.2) is 0 Å². The lowest BCUT2D eigenvalue weighted by Crippen LogP contribution is -2.33. The molecule has 0 spiro atoms. The molecule has 0 fully saturated rings. The fraction of sp³-hybridized carbons (Fsp3) is 0.238. The second-order valence-electron chi connectivity index (χ2n) is 6.51. The van der Waals surface area contributed by atoms with Gasteiger partial charge < -0.3 is 15.1 Å². The highest BCUT2D eigenvalue weighted by molar-refractivity contribution is 5.96. The van der Waals surface area contributed by atoms with Gasteiger partial charge in [0, 0.05) is 16.6 Å². The molecule has 1 aromatic heterocycles. The Morgan fingerprint density at radius 2 is 1.85 bits per heavy atom. The van der Waals surface area contributed by atoms with E-state index in [2.05, 4.69) is 10.6 Å². The second-order valence-corrected chi connectivity index (χ2v) is 6.51. The van der Waals surface area contributed by atoms with Gasteiger partial charge in [-0.3, -0.25) is 9.59 Å². The molecule has 134 valence electrons. The predicted molar refractivity (Wildman–Crippen MR) is 102 cm³/mol. The van der Waals surface area contributed by atoms with Crippen LogP contribution >= 0.6 is 0 Å². The molecule has 0 saturated heterocycles. The number of carbonyl (C=O) groups is 2. The van der Waals surface area contributed by atoms with Crippen molar-refractivity contribution in [2.75, 3.05) is 11.9 Å². The molecule has 0 bridgehead atoms. The summed E-state index contributed by atoms with van der Waals surface area (Å²) in [5.74, 6) is -0.468. The first kappa shape index (κ1) is 17.7. The summed E-state index contributed by atoms with van der Waals surface area (Å²) in [4.78, 5) is 24.3. The summed E-state index contributed by atoms with van der Waals surface area (Å²) in [6, 6.07) is 11.6. The molecular formula is C21H22N2O3. The van der Waals surface area contributed by atoms with Crippen LogP contribution < -0.4 is 10.6 Å². The Kier molecular flexibility index (Phi) is 5.07. The van der Waals surface area contributed by atoms with E-state index in [1.54, 1.807) is 6.26 Å². The molecule has 0 atom stereocenters. The SMILES string of the molecule is Cc1ccc2c(CC(=O)NCC(=O)Nc3cccc(C)c3C)coc2c1. The van der Waals surface area contributed by atoms with Crippen molar-refractivity contribution >= 4 is 28.5 Å². The number of hydrogen-bond acceptors (Lipinski definition) is 3. The third-order valence-electron chi connectivity index (χ3n) is 4.49. The third kappa shape index (κ3) is 3.94. The molecule has 0 saturated carbocycles. The topological polar surface area (TPSA) is 71.3 Å². The van der Waals surface area contributed by atoms with E-state index in [1.807, 2.05) is 57.2 Å². The first-order chi connectivity index (χ1) is 12.4. The first-order valence-corrected chi connectivity index (χ1v) is 8.53. The zero-order valence-corrected chi connectivity index (χ0v) is 15.2. The minimum absolute atomic E-state index is 0.0683. The highest BCUT2D eigenvalue weighted by Crippen LogP contribution is 2.22. The van der Waals surface area contributed by atoms with E-state index in [4.69, 9.17) is 4.42 Å². The monoisotopic (exact) mass is 350 g/mol. The van der Waals surface area contributed by atoms with Crippen LogP contribution in [0.25, 0.3) is 11.0 Å². The van der Waals surface area contributed by atoms with Gasteiger partial charge in [0.25, 0.3) is 0 Å². The maximum absolute atomic E-state index is 12.2. The second kappa shape index (κ2) is 7.44. The number of anilines is 1. The molecular weight excluding hydrogens is 328 g/mol. The van der Waals surface area contributed by atoms with E-state index < -0.39 is 0 Å². The fourth-order valence-electron chi connectivity index (χ4n) is 2.82. The smallest absolute Gasteiger partial charge is 0.243 e. The Morgan fingerprint density at radius 3 is 2.65 bits per heavy atom. The zero-order valence-electron chi connectivity index (χ0n) is 15.2. The number of amides is 2. The lowest BCUT2D eigenvalue weighted by atomic mass is 10.1. The van der Waals surface area contributed by atoms with Crippen molar-refractivity contribution in [2.24, 2.45) is 0 Å². The largest absolute Gasteiger partial charge is 0.464 e. The molecule has 0 radical (unpaired) electrons. The summed E-state index contributed by atoms with van der Waals surface area (Å²) in [7, 11) is 0. The predicted octanol–water partition coefficient (Wildman–Crippen LogP) is 3.66. The molecule has 0 aliphatic carbocycles. The van der Waals surface area contributed by atoms with Gasteiger partial charge in [0.1, 0.15) is 5.58 Å². The summed E-state index contributed by atoms with van der Waals surface area (Å²) in [5, 5.41) is 6.41. The van der Waals surface area contributed by atoms with Gasteiger partial charge in [0.05, 0.1) is 19.2 Å². The lowest BCUT2D eigenvalue weighted by molar-refractivity contribution is -0.123. The number of aryl methyl sites for hydroxylation is 2. The summed E-state index contributed by atoms with van der Waals surface area (Å²) < 4.78 is 5.50. The minimum Gasteiger partial charge on any atom is -0.464 e. The third-order valence-corrected chi connectivity index (χ3v) is 4.49. The van der Waals surface area contributed by atoms with Crippen molar-refractivity contribution < 1.29 is 14.0 Å². The van der Waals surface area contributed by atoms with E-state index in [0.29, 0.717) is 0 Å². The van der Waals surface area contributed by atoms with E-state index in [-0.39, 0.29) is 24.8 Å². The highest BCUT2D eigenvalue weighted by Gasteiger charge is 2.12. The summed E-state index contributed by atoms with van der Waals surface area (Å²) in [6.07, 6.45) is 1.77. The molecule has 2 aromatic carbocycles. The van der Waals surface area contributed by atoms with Crippen molar-refractivity contribution in [1.29, 1.82) is 0 Å². The molecule has 5 nitrogen and oxygen atoms in total. The highest BCUT2D eigenvalue weighted by atomic mass is 16.3. The molecule has 0 aliphatic heterocycles. The van der Waals surface area contributed by atoms with Crippen LogP contribution in [0, 0.1) is 20.8 Å². The van der Waals surface area contributed by atoms with Crippen LogP contribution in [0.2, 0.25) is 0 Å². The van der Waals surface area contributed by atoms with Crippen LogP contribution in [0.5, 0.6) is 0 Å². The van der Waals surface area contributed by atoms with Crippen LogP contribution in [0.1, 0.15) is 22.3 Å². The Morgan fingerprint density at radius 1 is 1.04 bits per heavy atom. The van der Waals surface area contributed by atoms with Crippen molar-refractivity contribution in [3.63, 3.8) is 0 Å². The minimum atomic E-state index is -0.250. The van der Waals surface area contributed by atoms with Crippen molar-refractivity contribution in [3.8, 4) is 0 Å². The molecule has 3 rings (SSSR count). The van der Waals surface area contributed by atoms with E-state index in [9.17, 15) is 9.59 Å². The molecule has 5 heteroatoms. The van der Waals surface area contributed by atoms with Gasteiger partial charge >= 0.3 is 0 Å². The maximum Gasteiger partial charge on any atom is 0.243 e. The summed E-state index contributed by atoms with van der Waals surface area (Å²) >= 11 is 0. The number of nitrogens with one attached hydrogen (secondary N) is 2. The molecule has 2 N–H and O–H groups in total. The average molecular weight is 350 g/mol. The number of hydrogen-bond donors (Lipinski definition) is 2. The van der Waals surface area contributed by atoms with Gasteiger partial charge in [-0.05, 0) is 49.6 Å². The number of rotatable bonds is 5. The Bertz CT molecular complexity index is 973. The van der Waals surface area contributed by atoms with Crippen LogP contribution in [-0.4, -0.2) is 18.4 Å². The molecule has 0 aliphatic rings. The van der Waals surface area contributed by atoms with Crippen molar-refractivity contribution in [2.45, 2.75) is 27.2 Å². The van der Waals surface area contributed by atoms with Crippen molar-refractivity contribution in [3.05, 3.63) is 64.9 Å². The summed E-state index contributed by atoms with van der Waals surface area (Å²) in [5.41, 5.74) is 5.57. The molecule has 0 unspecified atom stereocenters. The normalized spacial score (nSPS) is 10.7.